The fourth-order valence-corrected chi connectivity index (χ4v) is 2.80. The van der Waals surface area contributed by atoms with E-state index < -0.39 is 11.9 Å². The summed E-state index contributed by atoms with van der Waals surface area (Å²) in [6, 6.07) is 6.64. The Balaban J connectivity index is 1.67. The second-order valence-electron chi connectivity index (χ2n) is 6.12. The van der Waals surface area contributed by atoms with Gasteiger partial charge in [-0.15, -0.1) is 0 Å². The van der Waals surface area contributed by atoms with Gasteiger partial charge in [0.25, 0.3) is 5.91 Å². The van der Waals surface area contributed by atoms with E-state index in [1.54, 1.807) is 36.1 Å². The van der Waals surface area contributed by atoms with Crippen LogP contribution in [-0.2, 0) is 9.53 Å². The van der Waals surface area contributed by atoms with Crippen molar-refractivity contribution in [3.8, 4) is 0 Å². The number of carbonyl (C=O) groups is 3. The van der Waals surface area contributed by atoms with Gasteiger partial charge in [-0.2, -0.15) is 0 Å². The third-order valence-corrected chi connectivity index (χ3v) is 4.32. The van der Waals surface area contributed by atoms with E-state index in [0.29, 0.717) is 37.8 Å². The minimum Gasteiger partial charge on any atom is -0.462 e. The zero-order valence-corrected chi connectivity index (χ0v) is 15.5. The lowest BCUT2D eigenvalue weighted by atomic mass is 10.1. The van der Waals surface area contributed by atoms with Crippen LogP contribution >= 0.6 is 0 Å². The van der Waals surface area contributed by atoms with Gasteiger partial charge in [0.05, 0.1) is 23.4 Å². The fourth-order valence-electron chi connectivity index (χ4n) is 2.80. The number of nitrogens with zero attached hydrogens (tertiary/aromatic N) is 4. The van der Waals surface area contributed by atoms with Gasteiger partial charge in [-0.25, -0.2) is 14.8 Å². The molecule has 1 aliphatic heterocycles. The van der Waals surface area contributed by atoms with Gasteiger partial charge in [-0.1, -0.05) is 12.1 Å². The van der Waals surface area contributed by atoms with E-state index in [9.17, 15) is 14.4 Å². The smallest absolute Gasteiger partial charge is 0.340 e. The molecule has 0 atom stereocenters. The van der Waals surface area contributed by atoms with Crippen molar-refractivity contribution < 1.29 is 19.1 Å². The molecular weight excluding hydrogens is 362 g/mol. The summed E-state index contributed by atoms with van der Waals surface area (Å²) in [4.78, 5) is 47.5. The Labute approximate surface area is 162 Å². The number of hydrogen-bond donors (Lipinski definition) is 1. The summed E-state index contributed by atoms with van der Waals surface area (Å²) in [6.07, 6.45) is 3.72. The summed E-state index contributed by atoms with van der Waals surface area (Å²) in [7, 11) is 0. The molecule has 1 saturated heterocycles. The molecule has 28 heavy (non-hydrogen) atoms. The maximum absolute atomic E-state index is 12.5. The number of para-hydroxylation sites is 1. The van der Waals surface area contributed by atoms with E-state index in [2.05, 4.69) is 15.3 Å². The molecule has 1 N–H and O–H groups in total. The highest BCUT2D eigenvalue weighted by molar-refractivity contribution is 6.07. The van der Waals surface area contributed by atoms with Gasteiger partial charge in [-0.3, -0.25) is 9.59 Å². The molecule has 0 radical (unpaired) electrons. The number of amides is 2. The predicted molar refractivity (Wildman–Crippen MR) is 102 cm³/mol. The highest BCUT2D eigenvalue weighted by Crippen LogP contribution is 2.18. The van der Waals surface area contributed by atoms with Gasteiger partial charge in [0.15, 0.2) is 0 Å². The molecule has 146 valence electrons. The molecule has 2 heterocycles. The Morgan fingerprint density at radius 3 is 2.46 bits per heavy atom. The molecule has 2 aromatic rings. The van der Waals surface area contributed by atoms with Gasteiger partial charge in [0.2, 0.25) is 12.4 Å². The summed E-state index contributed by atoms with van der Waals surface area (Å²) in [5.74, 6) is -0.414. The quantitative estimate of drug-likeness (QED) is 0.590. The number of anilines is 2. The minimum absolute atomic E-state index is 0.248. The molecule has 1 aromatic heterocycles. The van der Waals surface area contributed by atoms with Crippen molar-refractivity contribution in [2.24, 2.45) is 0 Å². The first kappa shape index (κ1) is 19.3. The fraction of sp³-hybridized carbons (Fsp3) is 0.316. The molecule has 1 aromatic carbocycles. The number of piperazine rings is 1. The molecule has 9 heteroatoms. The molecule has 0 bridgehead atoms. The molecule has 0 spiro atoms. The van der Waals surface area contributed by atoms with Crippen LogP contribution in [0.5, 0.6) is 0 Å². The first-order valence-corrected chi connectivity index (χ1v) is 8.96. The van der Waals surface area contributed by atoms with Crippen LogP contribution in [0.2, 0.25) is 0 Å². The zero-order valence-electron chi connectivity index (χ0n) is 15.5. The van der Waals surface area contributed by atoms with E-state index in [1.165, 1.54) is 12.4 Å². The van der Waals surface area contributed by atoms with Crippen LogP contribution in [-0.4, -0.2) is 65.9 Å². The number of ether oxygens (including phenoxy) is 1. The van der Waals surface area contributed by atoms with Crippen molar-refractivity contribution in [3.63, 3.8) is 0 Å². The van der Waals surface area contributed by atoms with Crippen LogP contribution in [0.3, 0.4) is 0 Å². The Kier molecular flexibility index (Phi) is 6.15. The Morgan fingerprint density at radius 2 is 1.82 bits per heavy atom. The van der Waals surface area contributed by atoms with Crippen LogP contribution in [0, 0.1) is 0 Å². The Morgan fingerprint density at radius 1 is 1.14 bits per heavy atom. The number of carbonyl (C=O) groups excluding carboxylic acids is 3. The van der Waals surface area contributed by atoms with Gasteiger partial charge in [0, 0.05) is 38.6 Å². The van der Waals surface area contributed by atoms with Gasteiger partial charge in [-0.05, 0) is 19.1 Å². The largest absolute Gasteiger partial charge is 0.462 e. The standard InChI is InChI=1S/C19H21N5O4/c1-2-28-18(27)15-5-3-4-6-16(15)22-17(26)14-11-20-19(21-12-14)24-9-7-23(13-25)8-10-24/h3-6,11-13H,2,7-10H2,1H3,(H,22,26). The lowest BCUT2D eigenvalue weighted by Gasteiger charge is -2.32. The highest BCUT2D eigenvalue weighted by Gasteiger charge is 2.19. The normalized spacial score (nSPS) is 13.8. The molecule has 2 amide bonds. The summed E-state index contributed by atoms with van der Waals surface area (Å²) in [5.41, 5.74) is 0.914. The van der Waals surface area contributed by atoms with E-state index in [1.807, 2.05) is 4.90 Å². The van der Waals surface area contributed by atoms with Crippen molar-refractivity contribution in [3.05, 3.63) is 47.8 Å². The lowest BCUT2D eigenvalue weighted by molar-refractivity contribution is -0.118. The second kappa shape index (κ2) is 8.94. The third kappa shape index (κ3) is 4.43. The molecule has 3 rings (SSSR count). The highest BCUT2D eigenvalue weighted by atomic mass is 16.5. The third-order valence-electron chi connectivity index (χ3n) is 4.32. The maximum Gasteiger partial charge on any atom is 0.340 e. The molecule has 1 fully saturated rings. The van der Waals surface area contributed by atoms with Crippen LogP contribution in [0.1, 0.15) is 27.6 Å². The van der Waals surface area contributed by atoms with Crippen LogP contribution in [0.4, 0.5) is 11.6 Å². The van der Waals surface area contributed by atoms with Crippen LogP contribution < -0.4 is 10.2 Å². The van der Waals surface area contributed by atoms with Crippen molar-refractivity contribution in [1.29, 1.82) is 0 Å². The van der Waals surface area contributed by atoms with Crippen molar-refractivity contribution in [1.82, 2.24) is 14.9 Å². The summed E-state index contributed by atoms with van der Waals surface area (Å²) in [6.45, 7) is 4.46. The second-order valence-corrected chi connectivity index (χ2v) is 6.12. The zero-order chi connectivity index (χ0) is 19.9. The molecule has 0 saturated carbocycles. The molecule has 9 nitrogen and oxygen atoms in total. The molecule has 1 aliphatic rings. The van der Waals surface area contributed by atoms with E-state index in [-0.39, 0.29) is 17.7 Å². The average molecular weight is 383 g/mol. The van der Waals surface area contributed by atoms with E-state index in [4.69, 9.17) is 4.74 Å². The Bertz CT molecular complexity index is 848. The number of nitrogens with one attached hydrogen (secondary N) is 1. The van der Waals surface area contributed by atoms with Crippen LogP contribution in [0.15, 0.2) is 36.7 Å². The van der Waals surface area contributed by atoms with E-state index >= 15 is 0 Å². The lowest BCUT2D eigenvalue weighted by Crippen LogP contribution is -2.46. The topological polar surface area (TPSA) is 105 Å². The number of aromatic nitrogens is 2. The minimum atomic E-state index is -0.500. The van der Waals surface area contributed by atoms with Gasteiger partial charge in [0.1, 0.15) is 0 Å². The van der Waals surface area contributed by atoms with Crippen molar-refractivity contribution in [2.75, 3.05) is 43.0 Å². The summed E-state index contributed by atoms with van der Waals surface area (Å²) in [5, 5.41) is 2.70. The van der Waals surface area contributed by atoms with Gasteiger partial charge >= 0.3 is 5.97 Å². The Hall–Kier alpha value is -3.49. The summed E-state index contributed by atoms with van der Waals surface area (Å²) < 4.78 is 5.01. The summed E-state index contributed by atoms with van der Waals surface area (Å²) >= 11 is 0. The number of rotatable bonds is 6. The number of esters is 1. The molecule has 0 unspecified atom stereocenters. The van der Waals surface area contributed by atoms with Crippen molar-refractivity contribution >= 4 is 29.9 Å². The predicted octanol–water partition coefficient (Wildman–Crippen LogP) is 1.18. The monoisotopic (exact) mass is 383 g/mol. The first-order chi connectivity index (χ1) is 13.6. The van der Waals surface area contributed by atoms with E-state index in [0.717, 1.165) is 6.41 Å². The maximum atomic E-state index is 12.5. The van der Waals surface area contributed by atoms with Gasteiger partial charge < -0.3 is 19.9 Å². The number of benzene rings is 1. The molecule has 0 aliphatic carbocycles. The SMILES string of the molecule is CCOC(=O)c1ccccc1NC(=O)c1cnc(N2CCN(C=O)CC2)nc1. The number of hydrogen-bond acceptors (Lipinski definition) is 7. The first-order valence-electron chi connectivity index (χ1n) is 8.96. The van der Waals surface area contributed by atoms with Crippen LogP contribution in [0.25, 0.3) is 0 Å². The average Bonchev–Trinajstić information content (AvgIpc) is 2.74. The molecular formula is C19H21N5O4. The van der Waals surface area contributed by atoms with Crippen molar-refractivity contribution in [2.45, 2.75) is 6.92 Å².